The van der Waals surface area contributed by atoms with Crippen molar-refractivity contribution in [3.8, 4) is 0 Å². The van der Waals surface area contributed by atoms with Gasteiger partial charge in [-0.05, 0) is 38.5 Å². The molecule has 3 unspecified atom stereocenters. The lowest BCUT2D eigenvalue weighted by Gasteiger charge is -2.23. The largest absolute Gasteiger partial charge is 0.394 e. The first-order valence-corrected chi connectivity index (χ1v) is 29.0. The van der Waals surface area contributed by atoms with Gasteiger partial charge in [-0.1, -0.05) is 302 Å². The maximum Gasteiger partial charge on any atom is 0.249 e. The van der Waals surface area contributed by atoms with Crippen molar-refractivity contribution in [1.82, 2.24) is 5.32 Å². The highest BCUT2D eigenvalue weighted by Gasteiger charge is 2.23. The van der Waals surface area contributed by atoms with Crippen LogP contribution < -0.4 is 5.32 Å². The number of hydrogen-bond donors (Lipinski definition) is 4. The highest BCUT2D eigenvalue weighted by molar-refractivity contribution is 5.80. The van der Waals surface area contributed by atoms with E-state index in [1.165, 1.54) is 270 Å². The van der Waals surface area contributed by atoms with Crippen LogP contribution in [0.15, 0.2) is 12.2 Å². The van der Waals surface area contributed by atoms with Crippen LogP contribution in [0.25, 0.3) is 0 Å². The molecule has 3 atom stereocenters. The normalized spacial score (nSPS) is 13.3. The second-order valence-electron chi connectivity index (χ2n) is 20.2. The van der Waals surface area contributed by atoms with Crippen LogP contribution >= 0.6 is 0 Å². The van der Waals surface area contributed by atoms with Gasteiger partial charge in [0.15, 0.2) is 0 Å². The fourth-order valence-electron chi connectivity index (χ4n) is 9.37. The molecule has 0 bridgehead atoms. The van der Waals surface area contributed by atoms with Gasteiger partial charge in [0.1, 0.15) is 6.10 Å². The average Bonchev–Trinajstić information content (AvgIpc) is 3.29. The Labute approximate surface area is 395 Å². The topological polar surface area (TPSA) is 89.8 Å². The number of carbonyl (C=O) groups excluding carboxylic acids is 1. The summed E-state index contributed by atoms with van der Waals surface area (Å²) in [6, 6.07) is -0.712. The van der Waals surface area contributed by atoms with Gasteiger partial charge in [-0.3, -0.25) is 4.79 Å². The summed E-state index contributed by atoms with van der Waals surface area (Å²) in [5.41, 5.74) is 0. The Kier molecular flexibility index (Phi) is 52.9. The molecule has 63 heavy (non-hydrogen) atoms. The molecule has 0 saturated carbocycles. The van der Waals surface area contributed by atoms with Crippen LogP contribution in [-0.4, -0.2) is 46.1 Å². The van der Waals surface area contributed by atoms with Crippen molar-refractivity contribution in [2.45, 2.75) is 347 Å². The molecule has 5 heteroatoms. The molecule has 5 nitrogen and oxygen atoms in total. The number of unbranched alkanes of at least 4 members (excludes halogenated alkanes) is 44. The molecule has 0 heterocycles. The monoisotopic (exact) mass is 890 g/mol. The van der Waals surface area contributed by atoms with E-state index in [-0.39, 0.29) is 6.61 Å². The zero-order valence-corrected chi connectivity index (χ0v) is 43.0. The van der Waals surface area contributed by atoms with E-state index >= 15 is 0 Å². The quantitative estimate of drug-likeness (QED) is 0.0362. The van der Waals surface area contributed by atoms with E-state index in [9.17, 15) is 20.1 Å². The molecule has 0 aliphatic carbocycles. The molecule has 1 amide bonds. The number of amides is 1. The van der Waals surface area contributed by atoms with E-state index in [1.54, 1.807) is 0 Å². The minimum absolute atomic E-state index is 0.311. The maximum atomic E-state index is 12.6. The van der Waals surface area contributed by atoms with E-state index in [2.05, 4.69) is 31.3 Å². The van der Waals surface area contributed by atoms with Crippen molar-refractivity contribution in [3.05, 3.63) is 12.2 Å². The number of allylic oxidation sites excluding steroid dienone is 2. The van der Waals surface area contributed by atoms with Crippen molar-refractivity contribution in [3.63, 3.8) is 0 Å². The third kappa shape index (κ3) is 48.8. The van der Waals surface area contributed by atoms with Gasteiger partial charge >= 0.3 is 0 Å². The zero-order chi connectivity index (χ0) is 45.8. The highest BCUT2D eigenvalue weighted by Crippen LogP contribution is 2.18. The molecule has 4 N–H and O–H groups in total. The predicted molar refractivity (Wildman–Crippen MR) is 278 cm³/mol. The standard InChI is InChI=1S/C58H115NO4/c1-3-5-7-9-11-13-15-17-19-21-23-25-27-29-31-32-34-36-38-40-42-44-46-48-50-52-56(61)55(54-60)59-58(63)57(62)53-51-49-47-45-43-41-39-37-35-33-30-28-26-24-22-20-18-16-14-12-10-8-6-4-2/h30,33,55-57,60-62H,3-29,31-32,34-54H2,1-2H3,(H,59,63)/b33-30-. The number of rotatable bonds is 54. The first-order chi connectivity index (χ1) is 31.1. The summed E-state index contributed by atoms with van der Waals surface area (Å²) >= 11 is 0. The SMILES string of the molecule is CCCCCCCCCCCCCC/C=C\CCCCCCCCCCC(O)C(=O)NC(CO)C(O)CCCCCCCCCCCCCCCCCCCCCCCCCCC. The third-order valence-electron chi connectivity index (χ3n) is 13.9. The minimum Gasteiger partial charge on any atom is -0.394 e. The van der Waals surface area contributed by atoms with Gasteiger partial charge in [-0.2, -0.15) is 0 Å². The predicted octanol–water partition coefficient (Wildman–Crippen LogP) is 17.9. The smallest absolute Gasteiger partial charge is 0.249 e. The second-order valence-corrected chi connectivity index (χ2v) is 20.2. The van der Waals surface area contributed by atoms with Crippen LogP contribution in [0.4, 0.5) is 0 Å². The summed E-state index contributed by atoms with van der Waals surface area (Å²) in [5.74, 6) is -0.467. The maximum absolute atomic E-state index is 12.6. The van der Waals surface area contributed by atoms with E-state index in [1.807, 2.05) is 0 Å². The summed E-state index contributed by atoms with van der Waals surface area (Å²) in [6.45, 7) is 4.28. The molecule has 0 fully saturated rings. The summed E-state index contributed by atoms with van der Waals surface area (Å²) in [6.07, 6.45) is 66.9. The summed E-state index contributed by atoms with van der Waals surface area (Å²) in [7, 11) is 0. The minimum atomic E-state index is -1.08. The first kappa shape index (κ1) is 62.1. The van der Waals surface area contributed by atoms with Gasteiger partial charge in [0.25, 0.3) is 0 Å². The van der Waals surface area contributed by atoms with Gasteiger partial charge in [0.05, 0.1) is 18.8 Å². The average molecular weight is 891 g/mol. The Hall–Kier alpha value is -0.910. The lowest BCUT2D eigenvalue weighted by Crippen LogP contribution is -2.49. The van der Waals surface area contributed by atoms with Crippen molar-refractivity contribution in [1.29, 1.82) is 0 Å². The lowest BCUT2D eigenvalue weighted by molar-refractivity contribution is -0.131. The van der Waals surface area contributed by atoms with E-state index < -0.39 is 24.2 Å². The molecule has 0 aromatic heterocycles. The fraction of sp³-hybridized carbons (Fsp3) is 0.948. The molecule has 0 rings (SSSR count). The second kappa shape index (κ2) is 53.7. The summed E-state index contributed by atoms with van der Waals surface area (Å²) in [5, 5.41) is 33.6. The third-order valence-corrected chi connectivity index (χ3v) is 13.9. The van der Waals surface area contributed by atoms with Crippen molar-refractivity contribution >= 4 is 5.91 Å². The lowest BCUT2D eigenvalue weighted by atomic mass is 10.0. The Morgan fingerprint density at radius 2 is 0.603 bits per heavy atom. The molecule has 0 aromatic rings. The molecule has 0 spiro atoms. The first-order valence-electron chi connectivity index (χ1n) is 29.0. The Morgan fingerprint density at radius 3 is 0.873 bits per heavy atom. The number of aliphatic hydroxyl groups is 3. The van der Waals surface area contributed by atoms with Gasteiger partial charge in [-0.25, -0.2) is 0 Å². The van der Waals surface area contributed by atoms with Gasteiger partial charge < -0.3 is 20.6 Å². The zero-order valence-electron chi connectivity index (χ0n) is 43.0. The number of hydrogen-bond acceptors (Lipinski definition) is 4. The van der Waals surface area contributed by atoms with Crippen LogP contribution in [0, 0.1) is 0 Å². The van der Waals surface area contributed by atoms with E-state index in [4.69, 9.17) is 0 Å². The molecular weight excluding hydrogens is 775 g/mol. The number of nitrogens with one attached hydrogen (secondary N) is 1. The van der Waals surface area contributed by atoms with Crippen LogP contribution in [-0.2, 0) is 4.79 Å². The fourth-order valence-corrected chi connectivity index (χ4v) is 9.37. The molecular formula is C58H115NO4. The van der Waals surface area contributed by atoms with Gasteiger partial charge in [0.2, 0.25) is 5.91 Å². The highest BCUT2D eigenvalue weighted by atomic mass is 16.3. The van der Waals surface area contributed by atoms with E-state index in [0.717, 1.165) is 32.1 Å². The summed E-state index contributed by atoms with van der Waals surface area (Å²) in [4.78, 5) is 12.6. The molecule has 0 radical (unpaired) electrons. The van der Waals surface area contributed by atoms with Crippen LogP contribution in [0.3, 0.4) is 0 Å². The van der Waals surface area contributed by atoms with Crippen LogP contribution in [0.5, 0.6) is 0 Å². The van der Waals surface area contributed by atoms with Gasteiger partial charge in [-0.15, -0.1) is 0 Å². The molecule has 0 saturated heterocycles. The molecule has 0 aromatic carbocycles. The van der Waals surface area contributed by atoms with E-state index in [0.29, 0.717) is 12.8 Å². The number of aliphatic hydroxyl groups excluding tert-OH is 3. The molecule has 0 aliphatic rings. The molecule has 376 valence electrons. The van der Waals surface area contributed by atoms with Crippen molar-refractivity contribution < 1.29 is 20.1 Å². The molecule has 0 aliphatic heterocycles. The van der Waals surface area contributed by atoms with Gasteiger partial charge in [0, 0.05) is 0 Å². The van der Waals surface area contributed by atoms with Crippen molar-refractivity contribution in [2.24, 2.45) is 0 Å². The van der Waals surface area contributed by atoms with Crippen LogP contribution in [0.1, 0.15) is 328 Å². The number of carbonyl (C=O) groups is 1. The Balaban J connectivity index is 3.51. The van der Waals surface area contributed by atoms with Crippen LogP contribution in [0.2, 0.25) is 0 Å². The summed E-state index contributed by atoms with van der Waals surface area (Å²) < 4.78 is 0. The Morgan fingerprint density at radius 1 is 0.365 bits per heavy atom. The van der Waals surface area contributed by atoms with Crippen molar-refractivity contribution in [2.75, 3.05) is 6.61 Å². The Bertz CT molecular complexity index is 894.